The molecule has 0 radical (unpaired) electrons. The maximum atomic E-state index is 11.6. The molecule has 7 nitrogen and oxygen atoms in total. The molecule has 0 saturated carbocycles. The first-order valence-corrected chi connectivity index (χ1v) is 4.52. The first kappa shape index (κ1) is 10.1. The van der Waals surface area contributed by atoms with Gasteiger partial charge in [-0.15, -0.1) is 10.2 Å². The smallest absolute Gasteiger partial charge is 0.276 e. The van der Waals surface area contributed by atoms with Gasteiger partial charge < -0.3 is 15.2 Å². The number of anilines is 2. The lowest BCUT2D eigenvalue weighted by Gasteiger charge is -2.01. The first-order valence-electron chi connectivity index (χ1n) is 4.52. The van der Waals surface area contributed by atoms with Gasteiger partial charge in [0, 0.05) is 7.05 Å². The predicted molar refractivity (Wildman–Crippen MR) is 56.0 cm³/mol. The van der Waals surface area contributed by atoms with Crippen molar-refractivity contribution in [3.8, 4) is 0 Å². The second-order valence-corrected chi connectivity index (χ2v) is 2.92. The Morgan fingerprint density at radius 3 is 2.81 bits per heavy atom. The molecule has 0 aliphatic carbocycles. The Kier molecular flexibility index (Phi) is 2.77. The summed E-state index contributed by atoms with van der Waals surface area (Å²) >= 11 is 0. The molecule has 1 amide bonds. The molecule has 2 heterocycles. The molecule has 2 N–H and O–H groups in total. The number of aromatic nitrogens is 3. The van der Waals surface area contributed by atoms with Crippen molar-refractivity contribution < 1.29 is 9.32 Å². The van der Waals surface area contributed by atoms with Gasteiger partial charge in [0.25, 0.3) is 5.91 Å². The lowest BCUT2D eigenvalue weighted by Crippen LogP contribution is -2.14. The molecule has 2 aromatic heterocycles. The minimum Gasteiger partial charge on any atom is -0.372 e. The van der Waals surface area contributed by atoms with Crippen LogP contribution in [0.1, 0.15) is 10.5 Å². The summed E-state index contributed by atoms with van der Waals surface area (Å²) in [6.45, 7) is 0. The summed E-state index contributed by atoms with van der Waals surface area (Å²) in [5, 5.41) is 16.4. The number of rotatable bonds is 3. The molecule has 0 bridgehead atoms. The molecule has 0 saturated heterocycles. The quantitative estimate of drug-likeness (QED) is 0.791. The third-order valence-corrected chi connectivity index (χ3v) is 1.84. The van der Waals surface area contributed by atoms with Crippen LogP contribution in [0.5, 0.6) is 0 Å². The Labute approximate surface area is 90.9 Å². The highest BCUT2D eigenvalue weighted by Gasteiger charge is 2.09. The van der Waals surface area contributed by atoms with Crippen LogP contribution in [0, 0.1) is 0 Å². The fraction of sp³-hybridized carbons (Fsp3) is 0.111. The van der Waals surface area contributed by atoms with Crippen LogP contribution < -0.4 is 10.6 Å². The number of nitrogens with zero attached hydrogens (tertiary/aromatic N) is 3. The minimum absolute atomic E-state index is 0.222. The van der Waals surface area contributed by atoms with Crippen molar-refractivity contribution in [2.75, 3.05) is 17.7 Å². The lowest BCUT2D eigenvalue weighted by atomic mass is 10.3. The van der Waals surface area contributed by atoms with E-state index in [1.165, 1.54) is 12.5 Å². The van der Waals surface area contributed by atoms with Gasteiger partial charge in [0.1, 0.15) is 17.8 Å². The number of carbonyl (C=O) groups is 1. The van der Waals surface area contributed by atoms with Gasteiger partial charge in [-0.2, -0.15) is 0 Å². The molecular formula is C9H9N5O2. The first-order chi connectivity index (χ1) is 7.79. The van der Waals surface area contributed by atoms with Gasteiger partial charge in [0.15, 0.2) is 5.69 Å². The topological polar surface area (TPSA) is 92.9 Å². The van der Waals surface area contributed by atoms with Crippen LogP contribution >= 0.6 is 0 Å². The van der Waals surface area contributed by atoms with E-state index in [0.29, 0.717) is 11.5 Å². The Bertz CT molecular complexity index is 465. The van der Waals surface area contributed by atoms with Gasteiger partial charge in [0.05, 0.1) is 6.20 Å². The third kappa shape index (κ3) is 2.14. The fourth-order valence-electron chi connectivity index (χ4n) is 1.05. The van der Waals surface area contributed by atoms with Gasteiger partial charge >= 0.3 is 0 Å². The van der Waals surface area contributed by atoms with E-state index < -0.39 is 0 Å². The van der Waals surface area contributed by atoms with Crippen molar-refractivity contribution in [3.05, 3.63) is 30.3 Å². The Balaban J connectivity index is 2.09. The van der Waals surface area contributed by atoms with E-state index in [1.54, 1.807) is 19.2 Å². The summed E-state index contributed by atoms with van der Waals surface area (Å²) in [5.74, 6) is 0.236. The highest BCUT2D eigenvalue weighted by atomic mass is 16.5. The molecule has 0 aliphatic rings. The Morgan fingerprint density at radius 2 is 2.25 bits per heavy atom. The number of hydrogen-bond acceptors (Lipinski definition) is 6. The second-order valence-electron chi connectivity index (χ2n) is 2.92. The summed E-state index contributed by atoms with van der Waals surface area (Å²) in [5.41, 5.74) is 0.699. The van der Waals surface area contributed by atoms with E-state index in [-0.39, 0.29) is 11.6 Å². The molecule has 16 heavy (non-hydrogen) atoms. The van der Waals surface area contributed by atoms with E-state index in [1.807, 2.05) is 0 Å². The SMILES string of the molecule is CNc1ccc(C(=O)Nc2cnoc2)nn1. The van der Waals surface area contributed by atoms with Crippen LogP contribution in [0.4, 0.5) is 11.5 Å². The van der Waals surface area contributed by atoms with Gasteiger partial charge in [-0.25, -0.2) is 0 Å². The van der Waals surface area contributed by atoms with Crippen LogP contribution in [0.25, 0.3) is 0 Å². The van der Waals surface area contributed by atoms with Crippen molar-refractivity contribution >= 4 is 17.4 Å². The van der Waals surface area contributed by atoms with E-state index in [2.05, 4.69) is 30.5 Å². The monoisotopic (exact) mass is 219 g/mol. The van der Waals surface area contributed by atoms with Crippen molar-refractivity contribution in [1.29, 1.82) is 0 Å². The highest BCUT2D eigenvalue weighted by molar-refractivity contribution is 6.02. The molecule has 0 aliphatic heterocycles. The van der Waals surface area contributed by atoms with Crippen molar-refractivity contribution in [2.24, 2.45) is 0 Å². The van der Waals surface area contributed by atoms with Crippen molar-refractivity contribution in [2.45, 2.75) is 0 Å². The van der Waals surface area contributed by atoms with Crippen LogP contribution in [0.3, 0.4) is 0 Å². The molecule has 7 heteroatoms. The zero-order valence-electron chi connectivity index (χ0n) is 8.47. The third-order valence-electron chi connectivity index (χ3n) is 1.84. The van der Waals surface area contributed by atoms with Crippen LogP contribution in [0.2, 0.25) is 0 Å². The van der Waals surface area contributed by atoms with Gasteiger partial charge in [-0.3, -0.25) is 4.79 Å². The van der Waals surface area contributed by atoms with Gasteiger partial charge in [0.2, 0.25) is 0 Å². The summed E-state index contributed by atoms with van der Waals surface area (Å²) in [6.07, 6.45) is 2.72. The van der Waals surface area contributed by atoms with E-state index in [0.717, 1.165) is 0 Å². The normalized spacial score (nSPS) is 9.81. The Morgan fingerprint density at radius 1 is 1.38 bits per heavy atom. The Hall–Kier alpha value is -2.44. The molecule has 2 rings (SSSR count). The average molecular weight is 219 g/mol. The molecular weight excluding hydrogens is 210 g/mol. The number of hydrogen-bond donors (Lipinski definition) is 2. The molecule has 0 spiro atoms. The predicted octanol–water partition coefficient (Wildman–Crippen LogP) is 0.759. The zero-order chi connectivity index (χ0) is 11.4. The van der Waals surface area contributed by atoms with Crippen LogP contribution in [0.15, 0.2) is 29.1 Å². The summed E-state index contributed by atoms with van der Waals surface area (Å²) in [6, 6.07) is 3.23. The molecule has 0 fully saturated rings. The highest BCUT2D eigenvalue weighted by Crippen LogP contribution is 2.07. The molecule has 0 unspecified atom stereocenters. The van der Waals surface area contributed by atoms with Crippen LogP contribution in [-0.2, 0) is 0 Å². The second kappa shape index (κ2) is 4.39. The number of nitrogens with one attached hydrogen (secondary N) is 2. The molecule has 2 aromatic rings. The van der Waals surface area contributed by atoms with Crippen LogP contribution in [-0.4, -0.2) is 28.3 Å². The number of carbonyl (C=O) groups excluding carboxylic acids is 1. The molecule has 0 aromatic carbocycles. The maximum Gasteiger partial charge on any atom is 0.276 e. The van der Waals surface area contributed by atoms with E-state index in [4.69, 9.17) is 0 Å². The average Bonchev–Trinajstić information content (AvgIpc) is 2.82. The standard InChI is InChI=1S/C9H9N5O2/c1-10-8-3-2-7(13-14-8)9(15)12-6-4-11-16-5-6/h2-5H,1H3,(H,10,14)(H,12,15). The maximum absolute atomic E-state index is 11.6. The van der Waals surface area contributed by atoms with Gasteiger partial charge in [-0.05, 0) is 12.1 Å². The lowest BCUT2D eigenvalue weighted by molar-refractivity contribution is 0.102. The van der Waals surface area contributed by atoms with Crippen molar-refractivity contribution in [1.82, 2.24) is 15.4 Å². The fourth-order valence-corrected chi connectivity index (χ4v) is 1.05. The molecule has 82 valence electrons. The summed E-state index contributed by atoms with van der Waals surface area (Å²) < 4.78 is 4.58. The summed E-state index contributed by atoms with van der Waals surface area (Å²) in [4.78, 5) is 11.6. The number of amides is 1. The van der Waals surface area contributed by atoms with E-state index in [9.17, 15) is 4.79 Å². The zero-order valence-corrected chi connectivity index (χ0v) is 8.47. The molecule has 0 atom stereocenters. The van der Waals surface area contributed by atoms with E-state index >= 15 is 0 Å². The van der Waals surface area contributed by atoms with Crippen molar-refractivity contribution in [3.63, 3.8) is 0 Å². The van der Waals surface area contributed by atoms with Gasteiger partial charge in [-0.1, -0.05) is 5.16 Å². The summed E-state index contributed by atoms with van der Waals surface area (Å²) in [7, 11) is 1.72. The minimum atomic E-state index is -0.363. The largest absolute Gasteiger partial charge is 0.372 e.